The number of piperidine rings is 1. The molecule has 7 heteroatoms. The van der Waals surface area contributed by atoms with Gasteiger partial charge in [-0.15, -0.1) is 10.2 Å². The standard InChI is InChI=1S/C20H21N5O2/c1-27-19-8-7-17(23-24-19)14-4-2-5-15(12-14)20(26)25-11-3-6-16(13-25)18-9-10-21-22-18/h2,4-5,7-10,12,16H,3,6,11,13H2,1H3,(H,21,22)/t16-/m1/s1. The number of likely N-dealkylation sites (tertiary alicyclic amines) is 1. The lowest BCUT2D eigenvalue weighted by Gasteiger charge is -2.32. The lowest BCUT2D eigenvalue weighted by molar-refractivity contribution is 0.0706. The van der Waals surface area contributed by atoms with Gasteiger partial charge in [0.1, 0.15) is 0 Å². The van der Waals surface area contributed by atoms with Gasteiger partial charge in [-0.2, -0.15) is 5.10 Å². The normalized spacial score (nSPS) is 16.9. The number of rotatable bonds is 4. The zero-order chi connectivity index (χ0) is 18.6. The van der Waals surface area contributed by atoms with Crippen molar-refractivity contribution in [1.29, 1.82) is 0 Å². The van der Waals surface area contributed by atoms with Crippen LogP contribution in [-0.4, -0.2) is 51.4 Å². The van der Waals surface area contributed by atoms with Crippen molar-refractivity contribution in [2.24, 2.45) is 0 Å². The zero-order valence-corrected chi connectivity index (χ0v) is 15.1. The first kappa shape index (κ1) is 17.2. The minimum atomic E-state index is 0.0440. The molecule has 0 radical (unpaired) electrons. The summed E-state index contributed by atoms with van der Waals surface area (Å²) in [5.41, 5.74) is 3.32. The molecule has 3 aromatic rings. The van der Waals surface area contributed by atoms with Crippen molar-refractivity contribution >= 4 is 5.91 Å². The van der Waals surface area contributed by atoms with Crippen LogP contribution in [0.1, 0.15) is 34.8 Å². The molecule has 1 fully saturated rings. The number of carbonyl (C=O) groups excluding carboxylic acids is 1. The average molecular weight is 363 g/mol. The van der Waals surface area contributed by atoms with Gasteiger partial charge in [0.05, 0.1) is 12.8 Å². The summed E-state index contributed by atoms with van der Waals surface area (Å²) in [6, 6.07) is 13.1. The molecule has 0 aliphatic carbocycles. The van der Waals surface area contributed by atoms with Gasteiger partial charge in [-0.1, -0.05) is 12.1 Å². The van der Waals surface area contributed by atoms with Gasteiger partial charge in [0.25, 0.3) is 5.91 Å². The van der Waals surface area contributed by atoms with E-state index >= 15 is 0 Å². The molecule has 1 N–H and O–H groups in total. The van der Waals surface area contributed by atoms with E-state index in [4.69, 9.17) is 4.74 Å². The van der Waals surface area contributed by atoms with Gasteiger partial charge < -0.3 is 9.64 Å². The Bertz CT molecular complexity index is 908. The Labute approximate surface area is 157 Å². The highest BCUT2D eigenvalue weighted by Crippen LogP contribution is 2.27. The minimum absolute atomic E-state index is 0.0440. The first-order valence-electron chi connectivity index (χ1n) is 9.01. The van der Waals surface area contributed by atoms with Crippen molar-refractivity contribution in [3.05, 3.63) is 59.9 Å². The maximum absolute atomic E-state index is 13.0. The molecule has 4 rings (SSSR count). The van der Waals surface area contributed by atoms with Crippen LogP contribution in [0.4, 0.5) is 0 Å². The zero-order valence-electron chi connectivity index (χ0n) is 15.1. The van der Waals surface area contributed by atoms with Crippen molar-refractivity contribution in [2.45, 2.75) is 18.8 Å². The second-order valence-corrected chi connectivity index (χ2v) is 6.64. The van der Waals surface area contributed by atoms with Gasteiger partial charge >= 0.3 is 0 Å². The number of nitrogens with one attached hydrogen (secondary N) is 1. The van der Waals surface area contributed by atoms with E-state index in [-0.39, 0.29) is 5.91 Å². The predicted octanol–water partition coefficient (Wildman–Crippen LogP) is 2.90. The number of benzene rings is 1. The first-order valence-corrected chi connectivity index (χ1v) is 9.01. The molecule has 2 aromatic heterocycles. The fourth-order valence-corrected chi connectivity index (χ4v) is 3.49. The van der Waals surface area contributed by atoms with Crippen LogP contribution in [0.25, 0.3) is 11.3 Å². The molecule has 138 valence electrons. The number of H-pyrrole nitrogens is 1. The highest BCUT2D eigenvalue weighted by molar-refractivity contribution is 5.95. The minimum Gasteiger partial charge on any atom is -0.480 e. The number of methoxy groups -OCH3 is 1. The van der Waals surface area contributed by atoms with Crippen LogP contribution >= 0.6 is 0 Å². The molecule has 1 aromatic carbocycles. The molecule has 0 spiro atoms. The van der Waals surface area contributed by atoms with Crippen LogP contribution < -0.4 is 4.74 Å². The van der Waals surface area contributed by atoms with Gasteiger partial charge in [-0.25, -0.2) is 0 Å². The van der Waals surface area contributed by atoms with Crippen molar-refractivity contribution < 1.29 is 9.53 Å². The van der Waals surface area contributed by atoms with E-state index in [2.05, 4.69) is 20.4 Å². The molecule has 1 aliphatic heterocycles. The van der Waals surface area contributed by atoms with Gasteiger partial charge in [-0.05, 0) is 37.1 Å². The quantitative estimate of drug-likeness (QED) is 0.770. The summed E-state index contributed by atoms with van der Waals surface area (Å²) >= 11 is 0. The maximum atomic E-state index is 13.0. The van der Waals surface area contributed by atoms with E-state index in [9.17, 15) is 4.79 Å². The lowest BCUT2D eigenvalue weighted by atomic mass is 9.94. The van der Waals surface area contributed by atoms with Crippen molar-refractivity contribution in [1.82, 2.24) is 25.3 Å². The fourth-order valence-electron chi connectivity index (χ4n) is 3.49. The second-order valence-electron chi connectivity index (χ2n) is 6.64. The third kappa shape index (κ3) is 3.67. The summed E-state index contributed by atoms with van der Waals surface area (Å²) in [7, 11) is 1.55. The molecule has 0 saturated carbocycles. The maximum Gasteiger partial charge on any atom is 0.253 e. The molecule has 0 unspecified atom stereocenters. The highest BCUT2D eigenvalue weighted by atomic mass is 16.5. The van der Waals surface area contributed by atoms with Gasteiger partial charge in [0.2, 0.25) is 5.88 Å². The molecule has 27 heavy (non-hydrogen) atoms. The Balaban J connectivity index is 1.53. The van der Waals surface area contributed by atoms with Crippen LogP contribution in [0, 0.1) is 0 Å². The summed E-state index contributed by atoms with van der Waals surface area (Å²) < 4.78 is 5.05. The summed E-state index contributed by atoms with van der Waals surface area (Å²) in [6.07, 6.45) is 3.81. The predicted molar refractivity (Wildman–Crippen MR) is 100 cm³/mol. The first-order chi connectivity index (χ1) is 13.2. The van der Waals surface area contributed by atoms with Crippen LogP contribution in [0.2, 0.25) is 0 Å². The Kier molecular flexibility index (Phi) is 4.82. The summed E-state index contributed by atoms with van der Waals surface area (Å²) in [5.74, 6) is 0.813. The molecule has 1 aliphatic rings. The Morgan fingerprint density at radius 3 is 2.89 bits per heavy atom. The van der Waals surface area contributed by atoms with Crippen molar-refractivity contribution in [3.8, 4) is 17.1 Å². The van der Waals surface area contributed by atoms with Crippen LogP contribution in [0.5, 0.6) is 5.88 Å². The Hall–Kier alpha value is -3.22. The Morgan fingerprint density at radius 1 is 1.22 bits per heavy atom. The topological polar surface area (TPSA) is 84.0 Å². The SMILES string of the molecule is COc1ccc(-c2cccc(C(=O)N3CCC[C@@H](c4ccn[nH]4)C3)c2)nn1. The van der Waals surface area contributed by atoms with Crippen LogP contribution in [-0.2, 0) is 0 Å². The monoisotopic (exact) mass is 363 g/mol. The van der Waals surface area contributed by atoms with Crippen molar-refractivity contribution in [3.63, 3.8) is 0 Å². The molecular weight excluding hydrogens is 342 g/mol. The number of carbonyl (C=O) groups is 1. The summed E-state index contributed by atoms with van der Waals surface area (Å²) in [5, 5.41) is 15.2. The third-order valence-corrected chi connectivity index (χ3v) is 4.93. The third-order valence-electron chi connectivity index (χ3n) is 4.93. The van der Waals surface area contributed by atoms with Crippen LogP contribution in [0.3, 0.4) is 0 Å². The van der Waals surface area contributed by atoms with E-state index < -0.39 is 0 Å². The molecule has 1 amide bonds. The largest absolute Gasteiger partial charge is 0.480 e. The number of amides is 1. The summed E-state index contributed by atoms with van der Waals surface area (Å²) in [4.78, 5) is 15.0. The number of aromatic nitrogens is 4. The van der Waals surface area contributed by atoms with Crippen LogP contribution in [0.15, 0.2) is 48.7 Å². The summed E-state index contributed by atoms with van der Waals surface area (Å²) in [6.45, 7) is 1.48. The molecule has 3 heterocycles. The lowest BCUT2D eigenvalue weighted by Crippen LogP contribution is -2.39. The molecule has 1 atom stereocenters. The van der Waals surface area contributed by atoms with E-state index in [1.807, 2.05) is 41.3 Å². The number of aromatic amines is 1. The molecule has 0 bridgehead atoms. The number of ether oxygens (including phenoxy) is 1. The number of nitrogens with zero attached hydrogens (tertiary/aromatic N) is 4. The van der Waals surface area contributed by atoms with E-state index in [0.29, 0.717) is 29.6 Å². The van der Waals surface area contributed by atoms with E-state index in [1.165, 1.54) is 0 Å². The van der Waals surface area contributed by atoms with Gasteiger partial charge in [0.15, 0.2) is 0 Å². The van der Waals surface area contributed by atoms with Crippen molar-refractivity contribution in [2.75, 3.05) is 20.2 Å². The van der Waals surface area contributed by atoms with E-state index in [0.717, 1.165) is 30.6 Å². The average Bonchev–Trinajstić information content (AvgIpc) is 3.28. The fraction of sp³-hybridized carbons (Fsp3) is 0.300. The molecule has 7 nitrogen and oxygen atoms in total. The van der Waals surface area contributed by atoms with E-state index in [1.54, 1.807) is 19.4 Å². The smallest absolute Gasteiger partial charge is 0.253 e. The van der Waals surface area contributed by atoms with Gasteiger partial charge in [-0.3, -0.25) is 9.89 Å². The highest BCUT2D eigenvalue weighted by Gasteiger charge is 2.26. The second kappa shape index (κ2) is 7.57. The number of hydrogen-bond acceptors (Lipinski definition) is 5. The molecular formula is C20H21N5O2. The Morgan fingerprint density at radius 2 is 2.15 bits per heavy atom. The number of hydrogen-bond donors (Lipinski definition) is 1. The molecule has 1 saturated heterocycles. The van der Waals surface area contributed by atoms with Gasteiger partial charge in [0, 0.05) is 48.1 Å².